The van der Waals surface area contributed by atoms with Crippen LogP contribution < -0.4 is 0 Å². The van der Waals surface area contributed by atoms with Crippen molar-refractivity contribution < 1.29 is 24.6 Å². The Labute approximate surface area is 103 Å². The Bertz CT molecular complexity index is 333. The lowest BCUT2D eigenvalue weighted by molar-refractivity contribution is -0.148. The summed E-state index contributed by atoms with van der Waals surface area (Å²) >= 11 is 1.50. The smallest absolute Gasteiger partial charge is 0.326 e. The first-order valence-corrected chi connectivity index (χ1v) is 6.60. The molecule has 0 aromatic heterocycles. The van der Waals surface area contributed by atoms with E-state index in [-0.39, 0.29) is 18.9 Å². The summed E-state index contributed by atoms with van der Waals surface area (Å²) in [5, 5.41) is 17.9. The van der Waals surface area contributed by atoms with E-state index in [1.54, 1.807) is 0 Å². The summed E-state index contributed by atoms with van der Waals surface area (Å²) in [6.07, 6.45) is 2.09. The molecule has 17 heavy (non-hydrogen) atoms. The van der Waals surface area contributed by atoms with Gasteiger partial charge >= 0.3 is 11.9 Å². The maximum atomic E-state index is 11.6. The highest BCUT2D eigenvalue weighted by molar-refractivity contribution is 7.98. The van der Waals surface area contributed by atoms with Crippen molar-refractivity contribution in [3.8, 4) is 0 Å². The van der Waals surface area contributed by atoms with E-state index in [2.05, 4.69) is 0 Å². The lowest BCUT2D eigenvalue weighted by atomic mass is 10.1. The Morgan fingerprint density at radius 1 is 1.53 bits per heavy atom. The minimum Gasteiger partial charge on any atom is -0.481 e. The van der Waals surface area contributed by atoms with Gasteiger partial charge in [0.15, 0.2) is 0 Å². The Kier molecular flexibility index (Phi) is 4.80. The number of likely N-dealkylation sites (tertiary alicyclic amines) is 1. The van der Waals surface area contributed by atoms with Crippen molar-refractivity contribution in [3.63, 3.8) is 0 Å². The normalized spacial score (nSPS) is 21.6. The molecule has 96 valence electrons. The molecule has 0 bridgehead atoms. The van der Waals surface area contributed by atoms with E-state index < -0.39 is 23.9 Å². The van der Waals surface area contributed by atoms with Gasteiger partial charge in [-0.1, -0.05) is 0 Å². The third-order valence-electron chi connectivity index (χ3n) is 2.76. The second-order valence-corrected chi connectivity index (χ2v) is 4.91. The molecule has 0 radical (unpaired) electrons. The Morgan fingerprint density at radius 2 is 2.18 bits per heavy atom. The molecule has 1 heterocycles. The number of amides is 1. The van der Waals surface area contributed by atoms with Crippen molar-refractivity contribution in [1.29, 1.82) is 0 Å². The predicted octanol–water partition coefficient (Wildman–Crippen LogP) is 0.126. The Balaban J connectivity index is 2.71. The van der Waals surface area contributed by atoms with Crippen LogP contribution in [0.4, 0.5) is 0 Å². The molecule has 2 unspecified atom stereocenters. The monoisotopic (exact) mass is 261 g/mol. The van der Waals surface area contributed by atoms with Gasteiger partial charge in [0.2, 0.25) is 5.91 Å². The quantitative estimate of drug-likeness (QED) is 0.705. The summed E-state index contributed by atoms with van der Waals surface area (Å²) < 4.78 is 0. The number of carboxylic acids is 2. The van der Waals surface area contributed by atoms with E-state index in [4.69, 9.17) is 10.2 Å². The fourth-order valence-corrected chi connectivity index (χ4v) is 2.30. The number of hydrogen-bond donors (Lipinski definition) is 2. The number of nitrogens with zero attached hydrogens (tertiary/aromatic N) is 1. The summed E-state index contributed by atoms with van der Waals surface area (Å²) in [6, 6.07) is -0.903. The van der Waals surface area contributed by atoms with Crippen molar-refractivity contribution >= 4 is 29.6 Å². The molecule has 1 aliphatic rings. The molecular weight excluding hydrogens is 246 g/mol. The van der Waals surface area contributed by atoms with Gasteiger partial charge in [0.1, 0.15) is 6.04 Å². The lowest BCUT2D eigenvalue weighted by Crippen LogP contribution is -2.42. The molecule has 2 atom stereocenters. The van der Waals surface area contributed by atoms with Crippen LogP contribution in [-0.4, -0.2) is 57.6 Å². The molecule has 0 aromatic rings. The SMILES string of the molecule is CSCCC(C(=O)O)N1CC(C(=O)O)CC1=O. The summed E-state index contributed by atoms with van der Waals surface area (Å²) in [5.41, 5.74) is 0. The second-order valence-electron chi connectivity index (χ2n) is 3.92. The van der Waals surface area contributed by atoms with E-state index in [0.29, 0.717) is 12.2 Å². The van der Waals surface area contributed by atoms with Gasteiger partial charge in [-0.2, -0.15) is 11.8 Å². The largest absolute Gasteiger partial charge is 0.481 e. The van der Waals surface area contributed by atoms with Crippen molar-refractivity contribution in [2.75, 3.05) is 18.6 Å². The highest BCUT2D eigenvalue weighted by Crippen LogP contribution is 2.22. The van der Waals surface area contributed by atoms with Gasteiger partial charge in [0.25, 0.3) is 0 Å². The molecule has 7 heteroatoms. The van der Waals surface area contributed by atoms with Gasteiger partial charge in [-0.15, -0.1) is 0 Å². The predicted molar refractivity (Wildman–Crippen MR) is 61.9 cm³/mol. The standard InChI is InChI=1S/C10H15NO5S/c1-17-3-2-7(10(15)16)11-5-6(9(13)14)4-8(11)12/h6-7H,2-5H2,1H3,(H,13,14)(H,15,16). The molecule has 0 aromatic carbocycles. The van der Waals surface area contributed by atoms with Crippen LogP contribution in [0.5, 0.6) is 0 Å². The maximum absolute atomic E-state index is 11.6. The first kappa shape index (κ1) is 13.8. The highest BCUT2D eigenvalue weighted by atomic mass is 32.2. The lowest BCUT2D eigenvalue weighted by Gasteiger charge is -2.24. The summed E-state index contributed by atoms with van der Waals surface area (Å²) in [5.74, 6) is -2.66. The zero-order chi connectivity index (χ0) is 13.0. The van der Waals surface area contributed by atoms with Gasteiger partial charge < -0.3 is 15.1 Å². The molecule has 1 rings (SSSR count). The van der Waals surface area contributed by atoms with Gasteiger partial charge in [0.05, 0.1) is 5.92 Å². The van der Waals surface area contributed by atoms with E-state index >= 15 is 0 Å². The fraction of sp³-hybridized carbons (Fsp3) is 0.700. The summed E-state index contributed by atoms with van der Waals surface area (Å²) in [4.78, 5) is 34.6. The van der Waals surface area contributed by atoms with Crippen LogP contribution >= 0.6 is 11.8 Å². The maximum Gasteiger partial charge on any atom is 0.326 e. The van der Waals surface area contributed by atoms with Crippen LogP contribution in [0, 0.1) is 5.92 Å². The van der Waals surface area contributed by atoms with Crippen LogP contribution in [0.15, 0.2) is 0 Å². The Morgan fingerprint density at radius 3 is 2.59 bits per heavy atom. The molecule has 1 aliphatic heterocycles. The van der Waals surface area contributed by atoms with E-state index in [1.165, 1.54) is 16.7 Å². The van der Waals surface area contributed by atoms with E-state index in [0.717, 1.165) is 0 Å². The number of hydrogen-bond acceptors (Lipinski definition) is 4. The molecule has 1 fully saturated rings. The number of carboxylic acid groups (broad SMARTS) is 2. The first-order chi connectivity index (χ1) is 7.97. The molecule has 0 spiro atoms. The van der Waals surface area contributed by atoms with E-state index in [9.17, 15) is 14.4 Å². The first-order valence-electron chi connectivity index (χ1n) is 5.21. The fourth-order valence-electron chi connectivity index (χ4n) is 1.84. The van der Waals surface area contributed by atoms with Crippen LogP contribution in [-0.2, 0) is 14.4 Å². The molecule has 1 saturated heterocycles. The molecule has 0 aliphatic carbocycles. The van der Waals surface area contributed by atoms with Crippen LogP contribution in [0.2, 0.25) is 0 Å². The molecule has 1 amide bonds. The Hall–Kier alpha value is -1.24. The minimum atomic E-state index is -1.07. The van der Waals surface area contributed by atoms with Gasteiger partial charge in [0, 0.05) is 13.0 Å². The van der Waals surface area contributed by atoms with Crippen molar-refractivity contribution in [2.24, 2.45) is 5.92 Å². The van der Waals surface area contributed by atoms with Crippen LogP contribution in [0.1, 0.15) is 12.8 Å². The number of aliphatic carboxylic acids is 2. The van der Waals surface area contributed by atoms with Crippen molar-refractivity contribution in [3.05, 3.63) is 0 Å². The third kappa shape index (κ3) is 3.36. The number of carbonyl (C=O) groups is 3. The van der Waals surface area contributed by atoms with Crippen molar-refractivity contribution in [1.82, 2.24) is 4.90 Å². The average Bonchev–Trinajstić information content (AvgIpc) is 2.61. The summed E-state index contributed by atoms with van der Waals surface area (Å²) in [7, 11) is 0. The van der Waals surface area contributed by atoms with E-state index in [1.807, 2.05) is 6.26 Å². The molecule has 6 nitrogen and oxygen atoms in total. The topological polar surface area (TPSA) is 94.9 Å². The molecular formula is C10H15NO5S. The van der Waals surface area contributed by atoms with Gasteiger partial charge in [-0.3, -0.25) is 9.59 Å². The molecule has 0 saturated carbocycles. The number of carbonyl (C=O) groups excluding carboxylic acids is 1. The zero-order valence-electron chi connectivity index (χ0n) is 9.46. The molecule has 2 N–H and O–H groups in total. The number of rotatable bonds is 6. The van der Waals surface area contributed by atoms with Gasteiger partial charge in [-0.05, 0) is 18.4 Å². The highest BCUT2D eigenvalue weighted by Gasteiger charge is 2.40. The van der Waals surface area contributed by atoms with Gasteiger partial charge in [-0.25, -0.2) is 4.79 Å². The van der Waals surface area contributed by atoms with Crippen molar-refractivity contribution in [2.45, 2.75) is 18.9 Å². The summed E-state index contributed by atoms with van der Waals surface area (Å²) in [6.45, 7) is -0.000482. The van der Waals surface area contributed by atoms with Crippen LogP contribution in [0.25, 0.3) is 0 Å². The minimum absolute atomic E-state index is 0.000482. The number of thioether (sulfide) groups is 1. The third-order valence-corrected chi connectivity index (χ3v) is 3.41. The van der Waals surface area contributed by atoms with Crippen LogP contribution in [0.3, 0.4) is 0 Å². The average molecular weight is 261 g/mol. The zero-order valence-corrected chi connectivity index (χ0v) is 10.3. The second kappa shape index (κ2) is 5.90.